The van der Waals surface area contributed by atoms with Gasteiger partial charge in [0.05, 0.1) is 5.56 Å². The molecule has 0 radical (unpaired) electrons. The minimum atomic E-state index is -4.41. The smallest absolute Gasteiger partial charge is 0.326 e. The lowest BCUT2D eigenvalue weighted by Crippen LogP contribution is -2.40. The van der Waals surface area contributed by atoms with Gasteiger partial charge in [0.15, 0.2) is 0 Å². The number of benzene rings is 1. The highest BCUT2D eigenvalue weighted by Gasteiger charge is 2.31. The second-order valence-corrected chi connectivity index (χ2v) is 5.59. The molecule has 0 saturated carbocycles. The molecule has 7 heteroatoms. The van der Waals surface area contributed by atoms with Crippen molar-refractivity contribution in [1.29, 1.82) is 0 Å². The lowest BCUT2D eigenvalue weighted by atomic mass is 9.92. The summed E-state index contributed by atoms with van der Waals surface area (Å²) in [6, 6.07) is 3.65. The molecule has 0 bridgehead atoms. The molecule has 22 heavy (non-hydrogen) atoms. The van der Waals surface area contributed by atoms with Gasteiger partial charge in [-0.05, 0) is 50.9 Å². The average molecular weight is 337 g/mol. The zero-order chi connectivity index (χ0) is 15.6. The number of nitrogens with one attached hydrogen (secondary N) is 2. The van der Waals surface area contributed by atoms with Crippen LogP contribution >= 0.6 is 12.4 Å². The number of rotatable bonds is 2. The summed E-state index contributed by atoms with van der Waals surface area (Å²) in [6.07, 6.45) is -3.01. The quantitative estimate of drug-likeness (QED) is 0.863. The molecule has 1 aromatic rings. The van der Waals surface area contributed by atoms with Crippen LogP contribution in [0.15, 0.2) is 18.2 Å². The standard InChI is InChI=1S/C15H19F3N2O.ClH/c1-9-3-4-12(15(16,17)18)8-13(9)20-14(21)11-5-6-19-10(2)7-11;/h3-4,8,10-11,19H,5-7H2,1-2H3,(H,20,21);1H/t10-,11-;/m0./s1. The van der Waals surface area contributed by atoms with Crippen LogP contribution in [0.3, 0.4) is 0 Å². The predicted molar refractivity (Wildman–Crippen MR) is 82.2 cm³/mol. The van der Waals surface area contributed by atoms with Crippen LogP contribution in [-0.4, -0.2) is 18.5 Å². The van der Waals surface area contributed by atoms with E-state index < -0.39 is 11.7 Å². The Balaban J connectivity index is 0.00000242. The molecule has 2 N–H and O–H groups in total. The van der Waals surface area contributed by atoms with E-state index in [1.165, 1.54) is 6.07 Å². The van der Waals surface area contributed by atoms with Gasteiger partial charge in [0.1, 0.15) is 0 Å². The Kier molecular flexibility index (Phi) is 6.26. The number of hydrogen-bond donors (Lipinski definition) is 2. The molecule has 0 unspecified atom stereocenters. The monoisotopic (exact) mass is 336 g/mol. The van der Waals surface area contributed by atoms with Crippen molar-refractivity contribution in [2.24, 2.45) is 5.92 Å². The third-order valence-corrected chi connectivity index (χ3v) is 3.82. The summed E-state index contributed by atoms with van der Waals surface area (Å²) in [5, 5.41) is 5.89. The molecule has 1 heterocycles. The van der Waals surface area contributed by atoms with E-state index in [4.69, 9.17) is 0 Å². The summed E-state index contributed by atoms with van der Waals surface area (Å²) >= 11 is 0. The first kappa shape index (κ1) is 18.8. The van der Waals surface area contributed by atoms with Crippen molar-refractivity contribution in [2.45, 2.75) is 38.9 Å². The molecule has 2 rings (SSSR count). The Hall–Kier alpha value is -1.27. The zero-order valence-electron chi connectivity index (χ0n) is 12.5. The molecular weight excluding hydrogens is 317 g/mol. The third-order valence-electron chi connectivity index (χ3n) is 3.82. The maximum Gasteiger partial charge on any atom is 0.416 e. The van der Waals surface area contributed by atoms with Crippen LogP contribution in [0.5, 0.6) is 0 Å². The maximum absolute atomic E-state index is 12.7. The molecule has 1 amide bonds. The summed E-state index contributed by atoms with van der Waals surface area (Å²) in [6.45, 7) is 4.43. The van der Waals surface area contributed by atoms with Crippen LogP contribution in [0.1, 0.15) is 30.9 Å². The SMILES string of the molecule is Cc1ccc(C(F)(F)F)cc1NC(=O)[C@H]1CCN[C@@H](C)C1.Cl. The molecule has 1 saturated heterocycles. The molecule has 1 fully saturated rings. The second-order valence-electron chi connectivity index (χ2n) is 5.59. The highest BCUT2D eigenvalue weighted by molar-refractivity contribution is 5.93. The van der Waals surface area contributed by atoms with Gasteiger partial charge in [-0.3, -0.25) is 4.79 Å². The van der Waals surface area contributed by atoms with Crippen LogP contribution in [-0.2, 0) is 11.0 Å². The average Bonchev–Trinajstić information content (AvgIpc) is 2.40. The highest BCUT2D eigenvalue weighted by Crippen LogP contribution is 2.32. The van der Waals surface area contributed by atoms with Crippen LogP contribution in [0.25, 0.3) is 0 Å². The van der Waals surface area contributed by atoms with E-state index in [0.29, 0.717) is 18.4 Å². The molecule has 1 aliphatic heterocycles. The van der Waals surface area contributed by atoms with E-state index >= 15 is 0 Å². The predicted octanol–water partition coefficient (Wildman–Crippen LogP) is 3.76. The number of alkyl halides is 3. The maximum atomic E-state index is 12.7. The van der Waals surface area contributed by atoms with E-state index in [-0.39, 0.29) is 36.0 Å². The Labute approximate surface area is 134 Å². The topological polar surface area (TPSA) is 41.1 Å². The third kappa shape index (κ3) is 4.61. The van der Waals surface area contributed by atoms with Crippen molar-refractivity contribution in [2.75, 3.05) is 11.9 Å². The Morgan fingerprint density at radius 2 is 2.05 bits per heavy atom. The van der Waals surface area contributed by atoms with Gasteiger partial charge in [0.25, 0.3) is 0 Å². The van der Waals surface area contributed by atoms with Crippen LogP contribution < -0.4 is 10.6 Å². The first-order valence-corrected chi connectivity index (χ1v) is 6.99. The van der Waals surface area contributed by atoms with Crippen molar-refractivity contribution < 1.29 is 18.0 Å². The van der Waals surface area contributed by atoms with E-state index in [1.807, 2.05) is 6.92 Å². The van der Waals surface area contributed by atoms with E-state index in [1.54, 1.807) is 6.92 Å². The van der Waals surface area contributed by atoms with E-state index in [0.717, 1.165) is 18.7 Å². The van der Waals surface area contributed by atoms with Gasteiger partial charge >= 0.3 is 6.18 Å². The summed E-state index contributed by atoms with van der Waals surface area (Å²) < 4.78 is 38.2. The summed E-state index contributed by atoms with van der Waals surface area (Å²) in [5.74, 6) is -0.360. The number of aryl methyl sites for hydroxylation is 1. The summed E-state index contributed by atoms with van der Waals surface area (Å²) in [4.78, 5) is 12.2. The van der Waals surface area contributed by atoms with E-state index in [2.05, 4.69) is 10.6 Å². The molecule has 1 aromatic carbocycles. The fourth-order valence-corrected chi connectivity index (χ4v) is 2.54. The van der Waals surface area contributed by atoms with Gasteiger partial charge in [-0.25, -0.2) is 0 Å². The number of carbonyl (C=O) groups is 1. The zero-order valence-corrected chi connectivity index (χ0v) is 13.3. The molecule has 1 aliphatic rings. The van der Waals surface area contributed by atoms with Crippen molar-refractivity contribution in [1.82, 2.24) is 5.32 Å². The lowest BCUT2D eigenvalue weighted by Gasteiger charge is -2.27. The highest BCUT2D eigenvalue weighted by atomic mass is 35.5. The number of halogens is 4. The lowest BCUT2D eigenvalue weighted by molar-refractivity contribution is -0.137. The minimum absolute atomic E-state index is 0. The van der Waals surface area contributed by atoms with Gasteiger partial charge in [0, 0.05) is 17.6 Å². The molecular formula is C15H20ClF3N2O. The molecule has 0 aliphatic carbocycles. The van der Waals surface area contributed by atoms with Crippen LogP contribution in [0.4, 0.5) is 18.9 Å². The van der Waals surface area contributed by atoms with Gasteiger partial charge in [-0.2, -0.15) is 13.2 Å². The fourth-order valence-electron chi connectivity index (χ4n) is 2.54. The fraction of sp³-hybridized carbons (Fsp3) is 0.533. The summed E-state index contributed by atoms with van der Waals surface area (Å²) in [5.41, 5.74) is 0.112. The molecule has 0 aromatic heterocycles. The van der Waals surface area contributed by atoms with Crippen LogP contribution in [0.2, 0.25) is 0 Å². The Morgan fingerprint density at radius 1 is 1.36 bits per heavy atom. The first-order valence-electron chi connectivity index (χ1n) is 6.99. The van der Waals surface area contributed by atoms with Gasteiger partial charge < -0.3 is 10.6 Å². The molecule has 124 valence electrons. The normalized spacial score (nSPS) is 21.9. The molecule has 3 nitrogen and oxygen atoms in total. The number of carbonyl (C=O) groups excluding carboxylic acids is 1. The number of hydrogen-bond acceptors (Lipinski definition) is 2. The Bertz CT molecular complexity index is 534. The largest absolute Gasteiger partial charge is 0.416 e. The number of anilines is 1. The minimum Gasteiger partial charge on any atom is -0.326 e. The van der Waals surface area contributed by atoms with Crippen molar-refractivity contribution in [3.63, 3.8) is 0 Å². The van der Waals surface area contributed by atoms with Crippen molar-refractivity contribution in [3.8, 4) is 0 Å². The van der Waals surface area contributed by atoms with Crippen molar-refractivity contribution in [3.05, 3.63) is 29.3 Å². The second kappa shape index (κ2) is 7.33. The van der Waals surface area contributed by atoms with E-state index in [9.17, 15) is 18.0 Å². The molecule has 2 atom stereocenters. The van der Waals surface area contributed by atoms with Gasteiger partial charge in [-0.1, -0.05) is 6.07 Å². The first-order chi connectivity index (χ1) is 9.77. The van der Waals surface area contributed by atoms with Crippen molar-refractivity contribution >= 4 is 24.0 Å². The molecule has 0 spiro atoms. The van der Waals surface area contributed by atoms with Gasteiger partial charge in [-0.15, -0.1) is 12.4 Å². The summed E-state index contributed by atoms with van der Waals surface area (Å²) in [7, 11) is 0. The number of amides is 1. The number of piperidine rings is 1. The van der Waals surface area contributed by atoms with Crippen LogP contribution in [0, 0.1) is 12.8 Å². The Morgan fingerprint density at radius 3 is 2.64 bits per heavy atom. The van der Waals surface area contributed by atoms with Gasteiger partial charge in [0.2, 0.25) is 5.91 Å².